The second-order valence-corrected chi connectivity index (χ2v) is 6.15. The lowest BCUT2D eigenvalue weighted by molar-refractivity contribution is 0.216. The topological polar surface area (TPSA) is 64.9 Å². The van der Waals surface area contributed by atoms with Crippen LogP contribution >= 0.6 is 0 Å². The third kappa shape index (κ3) is 3.16. The normalized spacial score (nSPS) is 29.4. The van der Waals surface area contributed by atoms with Gasteiger partial charge in [0.25, 0.3) is 0 Å². The summed E-state index contributed by atoms with van der Waals surface area (Å²) in [5.74, 6) is 2.63. The maximum absolute atomic E-state index is 6.50. The number of nitrogens with zero attached hydrogens (tertiary/aromatic N) is 2. The number of hydrogen-bond acceptors (Lipinski definition) is 4. The van der Waals surface area contributed by atoms with Crippen LogP contribution < -0.4 is 5.73 Å². The highest BCUT2D eigenvalue weighted by Crippen LogP contribution is 2.37. The molecule has 4 nitrogen and oxygen atoms in total. The van der Waals surface area contributed by atoms with Gasteiger partial charge in [0, 0.05) is 5.92 Å². The van der Waals surface area contributed by atoms with Gasteiger partial charge >= 0.3 is 0 Å². The van der Waals surface area contributed by atoms with Gasteiger partial charge in [0.1, 0.15) is 0 Å². The van der Waals surface area contributed by atoms with Gasteiger partial charge in [0.2, 0.25) is 5.89 Å². The lowest BCUT2D eigenvalue weighted by Crippen LogP contribution is -2.41. The van der Waals surface area contributed by atoms with Crippen LogP contribution in [0.4, 0.5) is 0 Å². The van der Waals surface area contributed by atoms with Gasteiger partial charge in [0.05, 0.1) is 5.54 Å². The molecule has 1 unspecified atom stereocenters. The largest absolute Gasteiger partial charge is 0.339 e. The van der Waals surface area contributed by atoms with E-state index in [2.05, 4.69) is 30.9 Å². The van der Waals surface area contributed by atoms with Gasteiger partial charge in [-0.1, -0.05) is 38.8 Å². The molecule has 1 aliphatic rings. The van der Waals surface area contributed by atoms with E-state index < -0.39 is 0 Å². The molecule has 0 aromatic carbocycles. The van der Waals surface area contributed by atoms with Gasteiger partial charge in [-0.2, -0.15) is 4.98 Å². The standard InChI is InChI=1S/C15H27N3O/c1-4-6-11(3)13-17-14(18-19-13)15(16)9-7-12(5-2)8-10-15/h11-12H,4-10,16H2,1-3H3. The van der Waals surface area contributed by atoms with E-state index in [-0.39, 0.29) is 5.54 Å². The molecule has 0 saturated heterocycles. The van der Waals surface area contributed by atoms with Crippen molar-refractivity contribution >= 4 is 0 Å². The Bertz CT molecular complexity index is 394. The summed E-state index contributed by atoms with van der Waals surface area (Å²) in [5, 5.41) is 4.15. The van der Waals surface area contributed by atoms with Crippen LogP contribution in [-0.2, 0) is 5.54 Å². The van der Waals surface area contributed by atoms with Crippen molar-refractivity contribution in [1.29, 1.82) is 0 Å². The molecule has 1 aromatic heterocycles. The quantitative estimate of drug-likeness (QED) is 0.881. The van der Waals surface area contributed by atoms with Crippen LogP contribution in [0.25, 0.3) is 0 Å². The van der Waals surface area contributed by atoms with E-state index in [0.29, 0.717) is 5.92 Å². The Labute approximate surface area is 116 Å². The van der Waals surface area contributed by atoms with Crippen LogP contribution in [0.15, 0.2) is 4.52 Å². The first-order valence-corrected chi connectivity index (χ1v) is 7.72. The first-order chi connectivity index (χ1) is 9.09. The summed E-state index contributed by atoms with van der Waals surface area (Å²) < 4.78 is 5.41. The minimum atomic E-state index is -0.362. The van der Waals surface area contributed by atoms with Crippen molar-refractivity contribution in [3.8, 4) is 0 Å². The lowest BCUT2D eigenvalue weighted by Gasteiger charge is -2.34. The van der Waals surface area contributed by atoms with Gasteiger partial charge in [-0.3, -0.25) is 0 Å². The van der Waals surface area contributed by atoms with Gasteiger partial charge in [-0.25, -0.2) is 0 Å². The molecule has 1 aromatic rings. The third-order valence-electron chi connectivity index (χ3n) is 4.61. The Kier molecular flexibility index (Phi) is 4.61. The van der Waals surface area contributed by atoms with Crippen molar-refractivity contribution in [2.75, 3.05) is 0 Å². The third-order valence-corrected chi connectivity index (χ3v) is 4.61. The number of hydrogen-bond donors (Lipinski definition) is 1. The second-order valence-electron chi connectivity index (χ2n) is 6.15. The van der Waals surface area contributed by atoms with Crippen molar-refractivity contribution in [3.63, 3.8) is 0 Å². The molecule has 108 valence electrons. The van der Waals surface area contributed by atoms with Crippen LogP contribution in [0.2, 0.25) is 0 Å². The smallest absolute Gasteiger partial charge is 0.229 e. The summed E-state index contributed by atoms with van der Waals surface area (Å²) in [4.78, 5) is 4.57. The number of aromatic nitrogens is 2. The van der Waals surface area contributed by atoms with Crippen molar-refractivity contribution in [3.05, 3.63) is 11.7 Å². The molecule has 0 radical (unpaired) electrons. The average Bonchev–Trinajstić information content (AvgIpc) is 2.90. The molecule has 1 aliphatic carbocycles. The van der Waals surface area contributed by atoms with Crippen LogP contribution in [0.1, 0.15) is 83.3 Å². The van der Waals surface area contributed by atoms with E-state index in [0.717, 1.165) is 43.3 Å². The van der Waals surface area contributed by atoms with E-state index in [1.54, 1.807) is 0 Å². The molecule has 1 saturated carbocycles. The minimum absolute atomic E-state index is 0.335. The molecule has 0 bridgehead atoms. The summed E-state index contributed by atoms with van der Waals surface area (Å²) in [6, 6.07) is 0. The maximum atomic E-state index is 6.50. The maximum Gasteiger partial charge on any atom is 0.229 e. The predicted octanol–water partition coefficient (Wildman–Crippen LogP) is 3.73. The molecule has 1 fully saturated rings. The molecule has 0 aliphatic heterocycles. The van der Waals surface area contributed by atoms with Crippen molar-refractivity contribution in [1.82, 2.24) is 10.1 Å². The molecule has 2 N–H and O–H groups in total. The van der Waals surface area contributed by atoms with Crippen LogP contribution in [-0.4, -0.2) is 10.1 Å². The highest BCUT2D eigenvalue weighted by molar-refractivity contribution is 5.07. The van der Waals surface area contributed by atoms with Crippen molar-refractivity contribution in [2.24, 2.45) is 11.7 Å². The Hall–Kier alpha value is -0.900. The van der Waals surface area contributed by atoms with E-state index >= 15 is 0 Å². The van der Waals surface area contributed by atoms with Crippen LogP contribution in [0, 0.1) is 5.92 Å². The Morgan fingerprint density at radius 2 is 2.05 bits per heavy atom. The fourth-order valence-electron chi connectivity index (χ4n) is 3.02. The molecule has 19 heavy (non-hydrogen) atoms. The highest BCUT2D eigenvalue weighted by atomic mass is 16.5. The molecule has 2 rings (SSSR count). The first kappa shape index (κ1) is 14.5. The van der Waals surface area contributed by atoms with Crippen LogP contribution in [0.5, 0.6) is 0 Å². The molecule has 1 heterocycles. The second kappa shape index (κ2) is 6.04. The summed E-state index contributed by atoms with van der Waals surface area (Å²) in [7, 11) is 0. The summed E-state index contributed by atoms with van der Waals surface area (Å²) in [6.45, 7) is 6.56. The zero-order valence-corrected chi connectivity index (χ0v) is 12.5. The minimum Gasteiger partial charge on any atom is -0.339 e. The van der Waals surface area contributed by atoms with E-state index in [1.165, 1.54) is 19.3 Å². The van der Waals surface area contributed by atoms with Gasteiger partial charge < -0.3 is 10.3 Å². The van der Waals surface area contributed by atoms with Gasteiger partial charge in [0.15, 0.2) is 5.82 Å². The first-order valence-electron chi connectivity index (χ1n) is 7.72. The van der Waals surface area contributed by atoms with E-state index in [1.807, 2.05) is 0 Å². The number of rotatable bonds is 5. The average molecular weight is 265 g/mol. The van der Waals surface area contributed by atoms with Gasteiger partial charge in [-0.05, 0) is 38.0 Å². The SMILES string of the molecule is CCCC(C)c1nc(C2(N)CCC(CC)CC2)no1. The Morgan fingerprint density at radius 1 is 1.37 bits per heavy atom. The highest BCUT2D eigenvalue weighted by Gasteiger charge is 2.37. The van der Waals surface area contributed by atoms with E-state index in [4.69, 9.17) is 10.3 Å². The summed E-state index contributed by atoms with van der Waals surface area (Å²) >= 11 is 0. The zero-order chi connectivity index (χ0) is 13.9. The van der Waals surface area contributed by atoms with Crippen molar-refractivity contribution < 1.29 is 4.52 Å². The predicted molar refractivity (Wildman–Crippen MR) is 75.7 cm³/mol. The molecule has 1 atom stereocenters. The monoisotopic (exact) mass is 265 g/mol. The molecule has 0 spiro atoms. The zero-order valence-electron chi connectivity index (χ0n) is 12.5. The molecular weight excluding hydrogens is 238 g/mol. The van der Waals surface area contributed by atoms with Gasteiger partial charge in [-0.15, -0.1) is 0 Å². The Balaban J connectivity index is 2.05. The molecule has 0 amide bonds. The Morgan fingerprint density at radius 3 is 2.63 bits per heavy atom. The fraction of sp³-hybridized carbons (Fsp3) is 0.867. The summed E-state index contributed by atoms with van der Waals surface area (Å²) in [5.41, 5.74) is 6.14. The van der Waals surface area contributed by atoms with Crippen LogP contribution in [0.3, 0.4) is 0 Å². The summed E-state index contributed by atoms with van der Waals surface area (Å²) in [6.07, 6.45) is 7.78. The van der Waals surface area contributed by atoms with Crippen molar-refractivity contribution in [2.45, 2.75) is 77.2 Å². The number of nitrogens with two attached hydrogens (primary N) is 1. The molecule has 4 heteroatoms. The lowest BCUT2D eigenvalue weighted by atomic mass is 9.76. The fourth-order valence-corrected chi connectivity index (χ4v) is 3.02. The van der Waals surface area contributed by atoms with E-state index in [9.17, 15) is 0 Å². The molecular formula is C15H27N3O.